The number of thiazole rings is 1. The SMILES string of the molecule is Cc1ncc(CNS(=O)(=O)c2ccc(CBr)cc2)s1. The summed E-state index contributed by atoms with van der Waals surface area (Å²) in [5, 5.41) is 1.64. The Hall–Kier alpha value is -0.760. The maximum atomic E-state index is 12.1. The van der Waals surface area contributed by atoms with Gasteiger partial charge in [-0.25, -0.2) is 18.1 Å². The first-order valence-electron chi connectivity index (χ1n) is 5.57. The highest BCUT2D eigenvalue weighted by Crippen LogP contribution is 2.15. The number of hydrogen-bond donors (Lipinski definition) is 1. The average molecular weight is 361 g/mol. The zero-order valence-corrected chi connectivity index (χ0v) is 13.5. The summed E-state index contributed by atoms with van der Waals surface area (Å²) in [6.07, 6.45) is 1.69. The fourth-order valence-electron chi connectivity index (χ4n) is 1.49. The molecule has 0 aliphatic heterocycles. The van der Waals surface area contributed by atoms with E-state index in [1.54, 1.807) is 30.5 Å². The van der Waals surface area contributed by atoms with Gasteiger partial charge in [0.15, 0.2) is 0 Å². The van der Waals surface area contributed by atoms with Crippen LogP contribution in [0, 0.1) is 6.92 Å². The van der Waals surface area contributed by atoms with Gasteiger partial charge < -0.3 is 0 Å². The number of nitrogens with one attached hydrogen (secondary N) is 1. The van der Waals surface area contributed by atoms with Crippen LogP contribution in [0.3, 0.4) is 0 Å². The molecule has 0 spiro atoms. The number of hydrogen-bond acceptors (Lipinski definition) is 4. The molecule has 19 heavy (non-hydrogen) atoms. The van der Waals surface area contributed by atoms with Crippen molar-refractivity contribution in [1.82, 2.24) is 9.71 Å². The molecule has 7 heteroatoms. The van der Waals surface area contributed by atoms with Crippen LogP contribution in [0.25, 0.3) is 0 Å². The van der Waals surface area contributed by atoms with E-state index in [4.69, 9.17) is 0 Å². The smallest absolute Gasteiger partial charge is 0.240 e. The molecule has 1 aromatic carbocycles. The Morgan fingerprint density at radius 2 is 2.00 bits per heavy atom. The van der Waals surface area contributed by atoms with Gasteiger partial charge in [-0.1, -0.05) is 28.1 Å². The Morgan fingerprint density at radius 3 is 2.53 bits per heavy atom. The monoisotopic (exact) mass is 360 g/mol. The largest absolute Gasteiger partial charge is 0.250 e. The second kappa shape index (κ2) is 6.13. The average Bonchev–Trinajstić information content (AvgIpc) is 2.82. The summed E-state index contributed by atoms with van der Waals surface area (Å²) in [4.78, 5) is 5.27. The highest BCUT2D eigenvalue weighted by Gasteiger charge is 2.13. The molecular weight excluding hydrogens is 348 g/mol. The zero-order valence-electron chi connectivity index (χ0n) is 10.3. The quantitative estimate of drug-likeness (QED) is 0.834. The molecule has 0 amide bonds. The van der Waals surface area contributed by atoms with Crippen molar-refractivity contribution in [3.63, 3.8) is 0 Å². The second-order valence-corrected chi connectivity index (χ2v) is 7.59. The molecule has 0 unspecified atom stereocenters. The predicted octanol–water partition coefficient (Wildman–Crippen LogP) is 2.82. The molecule has 4 nitrogen and oxygen atoms in total. The second-order valence-electron chi connectivity index (χ2n) is 3.95. The summed E-state index contributed by atoms with van der Waals surface area (Å²) in [6.45, 7) is 2.16. The summed E-state index contributed by atoms with van der Waals surface area (Å²) in [5.41, 5.74) is 1.04. The molecule has 0 fully saturated rings. The van der Waals surface area contributed by atoms with Crippen LogP contribution in [0.2, 0.25) is 0 Å². The summed E-state index contributed by atoms with van der Waals surface area (Å²) >= 11 is 4.81. The van der Waals surface area contributed by atoms with Crippen LogP contribution in [0.5, 0.6) is 0 Å². The van der Waals surface area contributed by atoms with Crippen molar-refractivity contribution in [3.8, 4) is 0 Å². The Kier molecular flexibility index (Phi) is 4.72. The number of aryl methyl sites for hydroxylation is 1. The minimum atomic E-state index is -3.46. The topological polar surface area (TPSA) is 59.1 Å². The standard InChI is InChI=1S/C12H13BrN2O2S2/c1-9-14-7-11(18-9)8-15-19(16,17)12-4-2-10(6-13)3-5-12/h2-5,7,15H,6,8H2,1H3. The van der Waals surface area contributed by atoms with E-state index in [0.717, 1.165) is 15.4 Å². The Balaban J connectivity index is 2.09. The molecule has 1 aromatic heterocycles. The molecular formula is C12H13BrN2O2S2. The van der Waals surface area contributed by atoms with Crippen molar-refractivity contribution >= 4 is 37.3 Å². The summed E-state index contributed by atoms with van der Waals surface area (Å²) in [5.74, 6) is 0. The third kappa shape index (κ3) is 3.85. The van der Waals surface area contributed by atoms with E-state index in [0.29, 0.717) is 5.33 Å². The van der Waals surface area contributed by atoms with E-state index in [2.05, 4.69) is 25.6 Å². The minimum absolute atomic E-state index is 0.272. The lowest BCUT2D eigenvalue weighted by Gasteiger charge is -2.06. The van der Waals surface area contributed by atoms with Gasteiger partial charge in [-0.2, -0.15) is 0 Å². The molecule has 0 radical (unpaired) electrons. The maximum Gasteiger partial charge on any atom is 0.240 e. The van der Waals surface area contributed by atoms with Crippen LogP contribution in [0.15, 0.2) is 35.4 Å². The van der Waals surface area contributed by atoms with Crippen LogP contribution in [-0.4, -0.2) is 13.4 Å². The molecule has 0 atom stereocenters. The van der Waals surface area contributed by atoms with Crippen LogP contribution in [0.1, 0.15) is 15.4 Å². The van der Waals surface area contributed by atoms with Gasteiger partial charge in [-0.15, -0.1) is 11.3 Å². The summed E-state index contributed by atoms with van der Waals surface area (Å²) in [7, 11) is -3.46. The Labute approximate surface area is 125 Å². The van der Waals surface area contributed by atoms with Gasteiger partial charge in [0.2, 0.25) is 10.0 Å². The molecule has 0 saturated heterocycles. The molecule has 1 N–H and O–H groups in total. The fraction of sp³-hybridized carbons (Fsp3) is 0.250. The number of aromatic nitrogens is 1. The molecule has 1 heterocycles. The number of nitrogens with zero attached hydrogens (tertiary/aromatic N) is 1. The first kappa shape index (κ1) is 14.6. The molecule has 0 bridgehead atoms. The van der Waals surface area contributed by atoms with E-state index < -0.39 is 10.0 Å². The number of halogens is 1. The van der Waals surface area contributed by atoms with Crippen LogP contribution in [-0.2, 0) is 21.9 Å². The van der Waals surface area contributed by atoms with E-state index in [1.807, 2.05) is 6.92 Å². The van der Waals surface area contributed by atoms with Crippen molar-refractivity contribution in [3.05, 3.63) is 45.9 Å². The molecule has 0 saturated carbocycles. The lowest BCUT2D eigenvalue weighted by molar-refractivity contribution is 0.582. The third-order valence-electron chi connectivity index (χ3n) is 2.49. The van der Waals surface area contributed by atoms with Gasteiger partial charge in [0, 0.05) is 22.9 Å². The van der Waals surface area contributed by atoms with Crippen LogP contribution >= 0.6 is 27.3 Å². The van der Waals surface area contributed by atoms with Crippen molar-refractivity contribution < 1.29 is 8.42 Å². The van der Waals surface area contributed by atoms with Gasteiger partial charge >= 0.3 is 0 Å². The Bertz CT molecular complexity index is 651. The van der Waals surface area contributed by atoms with Gasteiger partial charge in [0.1, 0.15) is 0 Å². The highest BCUT2D eigenvalue weighted by molar-refractivity contribution is 9.08. The van der Waals surface area contributed by atoms with Gasteiger partial charge in [0.25, 0.3) is 0 Å². The van der Waals surface area contributed by atoms with E-state index in [1.165, 1.54) is 11.3 Å². The number of sulfonamides is 1. The third-order valence-corrected chi connectivity index (χ3v) is 5.47. The van der Waals surface area contributed by atoms with E-state index in [-0.39, 0.29) is 11.4 Å². The van der Waals surface area contributed by atoms with Crippen molar-refractivity contribution in [2.24, 2.45) is 0 Å². The van der Waals surface area contributed by atoms with Crippen LogP contribution < -0.4 is 4.72 Å². The molecule has 102 valence electrons. The lowest BCUT2D eigenvalue weighted by atomic mass is 10.2. The van der Waals surface area contributed by atoms with Gasteiger partial charge in [0.05, 0.1) is 9.90 Å². The summed E-state index contributed by atoms with van der Waals surface area (Å²) in [6, 6.07) is 6.80. The van der Waals surface area contributed by atoms with Crippen molar-refractivity contribution in [2.75, 3.05) is 0 Å². The number of benzene rings is 1. The number of rotatable bonds is 5. The zero-order chi connectivity index (χ0) is 13.9. The molecule has 2 rings (SSSR count). The molecule has 0 aliphatic carbocycles. The van der Waals surface area contributed by atoms with E-state index >= 15 is 0 Å². The first-order chi connectivity index (χ1) is 9.01. The number of alkyl halides is 1. The maximum absolute atomic E-state index is 12.1. The molecule has 2 aromatic rings. The first-order valence-corrected chi connectivity index (χ1v) is 8.99. The lowest BCUT2D eigenvalue weighted by Crippen LogP contribution is -2.22. The van der Waals surface area contributed by atoms with Crippen molar-refractivity contribution in [2.45, 2.75) is 23.7 Å². The minimum Gasteiger partial charge on any atom is -0.250 e. The Morgan fingerprint density at radius 1 is 1.32 bits per heavy atom. The predicted molar refractivity (Wildman–Crippen MR) is 79.9 cm³/mol. The van der Waals surface area contributed by atoms with Gasteiger partial charge in [-0.05, 0) is 24.6 Å². The molecule has 0 aliphatic rings. The summed E-state index contributed by atoms with van der Waals surface area (Å²) < 4.78 is 26.7. The van der Waals surface area contributed by atoms with Crippen molar-refractivity contribution in [1.29, 1.82) is 0 Å². The van der Waals surface area contributed by atoms with E-state index in [9.17, 15) is 8.42 Å². The van der Waals surface area contributed by atoms with Gasteiger partial charge in [-0.3, -0.25) is 0 Å². The fourth-order valence-corrected chi connectivity index (χ4v) is 3.70. The normalized spacial score (nSPS) is 11.7. The highest BCUT2D eigenvalue weighted by atomic mass is 79.9. The van der Waals surface area contributed by atoms with Crippen LogP contribution in [0.4, 0.5) is 0 Å².